The number of nitrogens with zero attached hydrogens (tertiary/aromatic N) is 1. The number of carbonyl (C=O) groups is 3. The lowest BCUT2D eigenvalue weighted by Crippen LogP contribution is -2.47. The molecule has 0 radical (unpaired) electrons. The van der Waals surface area contributed by atoms with Gasteiger partial charge >= 0.3 is 0 Å². The van der Waals surface area contributed by atoms with Crippen LogP contribution in [0.15, 0.2) is 18.2 Å². The first-order valence-electron chi connectivity index (χ1n) is 9.62. The van der Waals surface area contributed by atoms with Crippen molar-refractivity contribution in [2.75, 3.05) is 18.0 Å². The molecule has 3 amide bonds. The van der Waals surface area contributed by atoms with E-state index >= 15 is 0 Å². The van der Waals surface area contributed by atoms with Gasteiger partial charge in [-0.05, 0) is 61.8 Å². The monoisotopic (exact) mass is 355 g/mol. The van der Waals surface area contributed by atoms with E-state index in [1.807, 2.05) is 6.07 Å². The highest BCUT2D eigenvalue weighted by Crippen LogP contribution is 2.30. The molecule has 1 aliphatic carbocycles. The Morgan fingerprint density at radius 2 is 1.96 bits per heavy atom. The van der Waals surface area contributed by atoms with Gasteiger partial charge in [0.05, 0.1) is 5.92 Å². The van der Waals surface area contributed by atoms with Crippen LogP contribution in [0.25, 0.3) is 0 Å². The average molecular weight is 355 g/mol. The molecule has 26 heavy (non-hydrogen) atoms. The molecule has 2 aliphatic heterocycles. The molecule has 138 valence electrons. The Balaban J connectivity index is 1.42. The van der Waals surface area contributed by atoms with E-state index in [0.29, 0.717) is 19.5 Å². The number of anilines is 1. The summed E-state index contributed by atoms with van der Waals surface area (Å²) in [4.78, 5) is 38.8. The average Bonchev–Trinajstić information content (AvgIpc) is 3.20. The van der Waals surface area contributed by atoms with Gasteiger partial charge in [-0.25, -0.2) is 0 Å². The Bertz CT molecular complexity index is 746. The number of nitrogens with one attached hydrogen (secondary N) is 2. The van der Waals surface area contributed by atoms with Gasteiger partial charge in [-0.15, -0.1) is 0 Å². The molecule has 0 unspecified atom stereocenters. The lowest BCUT2D eigenvalue weighted by Gasteiger charge is -2.19. The first-order valence-corrected chi connectivity index (χ1v) is 9.62. The smallest absolute Gasteiger partial charge is 0.242 e. The third-order valence-corrected chi connectivity index (χ3v) is 5.74. The Labute approximate surface area is 153 Å². The topological polar surface area (TPSA) is 78.5 Å². The summed E-state index contributed by atoms with van der Waals surface area (Å²) in [6, 6.07) is 5.71. The van der Waals surface area contributed by atoms with E-state index in [4.69, 9.17) is 0 Å². The van der Waals surface area contributed by atoms with Crippen LogP contribution < -0.4 is 15.5 Å². The summed E-state index contributed by atoms with van der Waals surface area (Å²) in [6.45, 7) is 1.05. The first-order chi connectivity index (χ1) is 12.6. The zero-order valence-corrected chi connectivity index (χ0v) is 14.9. The lowest BCUT2D eigenvalue weighted by molar-refractivity contribution is -0.131. The number of amides is 3. The summed E-state index contributed by atoms with van der Waals surface area (Å²) < 4.78 is 0. The van der Waals surface area contributed by atoms with Crippen LogP contribution in [0.3, 0.4) is 0 Å². The fourth-order valence-electron chi connectivity index (χ4n) is 4.23. The minimum atomic E-state index is -0.478. The molecule has 0 spiro atoms. The van der Waals surface area contributed by atoms with Crippen LogP contribution in [0.5, 0.6) is 0 Å². The van der Waals surface area contributed by atoms with Gasteiger partial charge < -0.3 is 15.5 Å². The van der Waals surface area contributed by atoms with Crippen molar-refractivity contribution in [2.24, 2.45) is 5.92 Å². The van der Waals surface area contributed by atoms with E-state index in [2.05, 4.69) is 22.8 Å². The largest absolute Gasteiger partial charge is 0.354 e. The molecule has 1 aromatic carbocycles. The number of aryl methyl sites for hydroxylation is 2. The van der Waals surface area contributed by atoms with Crippen molar-refractivity contribution < 1.29 is 14.4 Å². The third-order valence-electron chi connectivity index (χ3n) is 5.74. The number of benzene rings is 1. The normalized spacial score (nSPS) is 25.6. The predicted molar refractivity (Wildman–Crippen MR) is 97.7 cm³/mol. The van der Waals surface area contributed by atoms with Crippen molar-refractivity contribution in [3.05, 3.63) is 29.3 Å². The van der Waals surface area contributed by atoms with Crippen LogP contribution in [0.2, 0.25) is 0 Å². The van der Waals surface area contributed by atoms with Gasteiger partial charge in [0.2, 0.25) is 17.7 Å². The van der Waals surface area contributed by atoms with Gasteiger partial charge in [-0.3, -0.25) is 14.4 Å². The fraction of sp³-hybridized carbons (Fsp3) is 0.550. The molecule has 2 heterocycles. The van der Waals surface area contributed by atoms with E-state index in [0.717, 1.165) is 31.4 Å². The quantitative estimate of drug-likeness (QED) is 0.858. The standard InChI is InChI=1S/C20H25N3O3/c24-18-11-15(19(25)22-17-6-1-2-9-21-20(17)26)12-23(18)16-8-7-13-4-3-5-14(13)10-16/h7-8,10,15,17H,1-6,9,11-12H2,(H,21,26)(H,22,25)/t15-,17+/m0/s1. The number of carbonyl (C=O) groups excluding carboxylic acids is 3. The highest BCUT2D eigenvalue weighted by atomic mass is 16.2. The van der Waals surface area contributed by atoms with Gasteiger partial charge in [-0.1, -0.05) is 6.07 Å². The van der Waals surface area contributed by atoms with Crippen molar-refractivity contribution in [3.63, 3.8) is 0 Å². The van der Waals surface area contributed by atoms with Gasteiger partial charge in [0.1, 0.15) is 6.04 Å². The number of hydrogen-bond donors (Lipinski definition) is 2. The summed E-state index contributed by atoms with van der Waals surface area (Å²) in [5.41, 5.74) is 3.57. The maximum atomic E-state index is 12.6. The Morgan fingerprint density at radius 1 is 1.12 bits per heavy atom. The van der Waals surface area contributed by atoms with Crippen LogP contribution in [0.1, 0.15) is 43.2 Å². The molecule has 2 atom stereocenters. The third kappa shape index (κ3) is 3.32. The molecular weight excluding hydrogens is 330 g/mol. The van der Waals surface area contributed by atoms with Crippen LogP contribution in [0.4, 0.5) is 5.69 Å². The summed E-state index contributed by atoms with van der Waals surface area (Å²) in [5, 5.41) is 5.68. The second-order valence-corrected chi connectivity index (χ2v) is 7.56. The van der Waals surface area contributed by atoms with E-state index in [9.17, 15) is 14.4 Å². The summed E-state index contributed by atoms with van der Waals surface area (Å²) in [7, 11) is 0. The molecule has 2 saturated heterocycles. The van der Waals surface area contributed by atoms with Crippen LogP contribution in [-0.4, -0.2) is 36.9 Å². The minimum Gasteiger partial charge on any atom is -0.354 e. The molecule has 6 nitrogen and oxygen atoms in total. The number of hydrogen-bond acceptors (Lipinski definition) is 3. The Kier molecular flexibility index (Phi) is 4.66. The highest BCUT2D eigenvalue weighted by Gasteiger charge is 2.37. The maximum Gasteiger partial charge on any atom is 0.242 e. The van der Waals surface area contributed by atoms with Gasteiger partial charge in [0, 0.05) is 25.2 Å². The SMILES string of the molecule is O=C(N[C@@H]1CCCCNC1=O)[C@H]1CC(=O)N(c2ccc3c(c2)CCC3)C1. The van der Waals surface area contributed by atoms with Crippen LogP contribution in [0, 0.1) is 5.92 Å². The van der Waals surface area contributed by atoms with Crippen molar-refractivity contribution in [1.82, 2.24) is 10.6 Å². The van der Waals surface area contributed by atoms with Crippen molar-refractivity contribution >= 4 is 23.4 Å². The summed E-state index contributed by atoms with van der Waals surface area (Å²) in [5.74, 6) is -0.722. The summed E-state index contributed by atoms with van der Waals surface area (Å²) >= 11 is 0. The van der Waals surface area contributed by atoms with E-state index in [1.165, 1.54) is 17.5 Å². The van der Waals surface area contributed by atoms with Crippen molar-refractivity contribution in [2.45, 2.75) is 51.0 Å². The molecular formula is C20H25N3O3. The molecule has 2 N–H and O–H groups in total. The molecule has 0 saturated carbocycles. The molecule has 2 fully saturated rings. The molecule has 0 bridgehead atoms. The molecule has 0 aromatic heterocycles. The van der Waals surface area contributed by atoms with Crippen LogP contribution in [-0.2, 0) is 27.2 Å². The van der Waals surface area contributed by atoms with E-state index in [-0.39, 0.29) is 24.1 Å². The predicted octanol–water partition coefficient (Wildman–Crippen LogP) is 1.31. The second kappa shape index (κ2) is 7.09. The lowest BCUT2D eigenvalue weighted by atomic mass is 10.1. The Hall–Kier alpha value is -2.37. The number of fused-ring (bicyclic) bond motifs is 1. The fourth-order valence-corrected chi connectivity index (χ4v) is 4.23. The van der Waals surface area contributed by atoms with Gasteiger partial charge in [0.25, 0.3) is 0 Å². The Morgan fingerprint density at radius 3 is 2.85 bits per heavy atom. The molecule has 6 heteroatoms. The highest BCUT2D eigenvalue weighted by molar-refractivity contribution is 6.01. The second-order valence-electron chi connectivity index (χ2n) is 7.56. The van der Waals surface area contributed by atoms with Crippen molar-refractivity contribution in [3.8, 4) is 0 Å². The molecule has 1 aromatic rings. The van der Waals surface area contributed by atoms with Gasteiger partial charge in [-0.2, -0.15) is 0 Å². The zero-order chi connectivity index (χ0) is 18.1. The van der Waals surface area contributed by atoms with Crippen molar-refractivity contribution in [1.29, 1.82) is 0 Å². The van der Waals surface area contributed by atoms with Gasteiger partial charge in [0.15, 0.2) is 0 Å². The zero-order valence-electron chi connectivity index (χ0n) is 14.9. The maximum absolute atomic E-state index is 12.6. The molecule has 3 aliphatic rings. The first kappa shape index (κ1) is 17.1. The number of rotatable bonds is 3. The van der Waals surface area contributed by atoms with Crippen LogP contribution >= 0.6 is 0 Å². The van der Waals surface area contributed by atoms with E-state index < -0.39 is 12.0 Å². The van der Waals surface area contributed by atoms with E-state index in [1.54, 1.807) is 4.90 Å². The summed E-state index contributed by atoms with van der Waals surface area (Å²) in [6.07, 6.45) is 6.05. The minimum absolute atomic E-state index is 0.0200. The molecule has 4 rings (SSSR count).